The molecule has 0 saturated heterocycles. The zero-order chi connectivity index (χ0) is 0. The zero-order valence-electron chi connectivity index (χ0n) is 2.52. The fourth-order valence-electron chi connectivity index (χ4n) is 0. The van der Waals surface area contributed by atoms with Crippen molar-refractivity contribution in [2.75, 3.05) is 0 Å². The molecule has 0 aliphatic carbocycles. The van der Waals surface area contributed by atoms with Gasteiger partial charge in [-0.25, -0.2) is 0 Å². The first kappa shape index (κ1) is 65.1. The summed E-state index contributed by atoms with van der Waals surface area (Å²) in [5.74, 6) is 0. The van der Waals surface area contributed by atoms with Crippen LogP contribution in [0.5, 0.6) is 0 Å². The summed E-state index contributed by atoms with van der Waals surface area (Å²) in [6.45, 7) is 0. The molecule has 0 aromatic heterocycles. The van der Waals surface area contributed by atoms with Gasteiger partial charge in [-0.15, -0.1) is 0 Å². The summed E-state index contributed by atoms with van der Waals surface area (Å²) < 4.78 is 0. The van der Waals surface area contributed by atoms with Crippen molar-refractivity contribution >= 4 is 69.8 Å². The number of hydrogen-bond acceptors (Lipinski definition) is 0. The van der Waals surface area contributed by atoms with Gasteiger partial charge in [-0.2, -0.15) is 0 Å². The molecular formula is H5LiO2PbTeTi. The third-order valence-corrected chi connectivity index (χ3v) is 0. The zero-order valence-corrected chi connectivity index (χ0v) is 12.4. The molecule has 0 heterocycles. The van der Waals surface area contributed by atoms with Crippen molar-refractivity contribution < 1.29 is 32.7 Å². The van der Waals surface area contributed by atoms with Crippen molar-refractivity contribution in [3.8, 4) is 0 Å². The van der Waals surface area contributed by atoms with Crippen LogP contribution in [0.1, 0.15) is 0 Å². The van der Waals surface area contributed by atoms with Gasteiger partial charge in [0.25, 0.3) is 0 Å². The first-order valence-electron chi connectivity index (χ1n) is 0. The fourth-order valence-corrected chi connectivity index (χ4v) is 0. The first-order chi connectivity index (χ1) is 0. The Labute approximate surface area is 101 Å². The molecule has 0 amide bonds. The maximum atomic E-state index is 0. The smallest absolute Gasteiger partial charge is 4.00 e. The SMILES string of the molecule is [LiH].[O-2].[O-2].[PbH2].[TeH2].[Ti+4]. The molecule has 0 rings (SSSR count). The van der Waals surface area contributed by atoms with Crippen LogP contribution in [0, 0.1) is 0 Å². The maximum absolute atomic E-state index is 0. The van der Waals surface area contributed by atoms with Gasteiger partial charge in [0, 0.05) is 0 Å². The Balaban J connectivity index is 0. The minimum Gasteiger partial charge on any atom is 4.00 e. The predicted octanol–water partition coefficient (Wildman–Crippen LogP) is -2.72. The molecule has 0 aliphatic rings. The van der Waals surface area contributed by atoms with Gasteiger partial charge in [-0.3, -0.25) is 0 Å². The van der Waals surface area contributed by atoms with E-state index in [1.165, 1.54) is 0 Å². The van der Waals surface area contributed by atoms with Crippen molar-refractivity contribution in [1.82, 2.24) is 0 Å². The summed E-state index contributed by atoms with van der Waals surface area (Å²) in [5.41, 5.74) is 0. The van der Waals surface area contributed by atoms with Gasteiger partial charge in [-0.1, -0.05) is 0 Å². The van der Waals surface area contributed by atoms with Crippen molar-refractivity contribution in [1.29, 1.82) is 0 Å². The number of hydrogen-bond donors (Lipinski definition) is 0. The molecule has 2 nitrogen and oxygen atoms in total. The van der Waals surface area contributed by atoms with Gasteiger partial charge in [-0.05, 0) is 0 Å². The molecule has 0 unspecified atom stereocenters. The van der Waals surface area contributed by atoms with Crippen LogP contribution in [0.2, 0.25) is 0 Å². The largest absolute Gasteiger partial charge is 4.00 e. The summed E-state index contributed by atoms with van der Waals surface area (Å²) in [4.78, 5) is 0. The third-order valence-electron chi connectivity index (χ3n) is 0. The standard InChI is InChI=1S/Li.2O.Pb.H2Te.Ti.3H/h;;;;1H2;;;;/q;2*-2;;;+4;;;. The Morgan fingerprint density at radius 1 is 0.833 bits per heavy atom. The Hall–Kier alpha value is 2.94. The molecule has 2 radical (unpaired) electrons. The summed E-state index contributed by atoms with van der Waals surface area (Å²) in [5, 5.41) is 0. The molecule has 0 N–H and O–H groups in total. The average Bonchev–Trinajstić information content (AvgIpc) is 0. The van der Waals surface area contributed by atoms with Crippen molar-refractivity contribution in [3.05, 3.63) is 0 Å². The summed E-state index contributed by atoms with van der Waals surface area (Å²) in [6.07, 6.45) is 0. The van der Waals surface area contributed by atoms with Crippen LogP contribution in [0.15, 0.2) is 0 Å². The van der Waals surface area contributed by atoms with Crippen LogP contribution in [0.3, 0.4) is 0 Å². The van der Waals surface area contributed by atoms with E-state index in [9.17, 15) is 0 Å². The van der Waals surface area contributed by atoms with Gasteiger partial charge in [0.15, 0.2) is 0 Å². The van der Waals surface area contributed by atoms with Gasteiger partial charge >= 0.3 is 91.5 Å². The van der Waals surface area contributed by atoms with E-state index >= 15 is 0 Å². The fraction of sp³-hybridized carbons (Fsp3) is 0. The monoisotopic (exact) mass is 430 g/mol. The molecule has 0 aromatic rings. The molecule has 0 aliphatic heterocycles. The average molecular weight is 427 g/mol. The molecule has 0 aromatic carbocycles. The van der Waals surface area contributed by atoms with E-state index in [2.05, 4.69) is 0 Å². The van der Waals surface area contributed by atoms with E-state index in [-0.39, 0.29) is 102 Å². The quantitative estimate of drug-likeness (QED) is 0.378. The molecule has 6 heavy (non-hydrogen) atoms. The van der Waals surface area contributed by atoms with Gasteiger partial charge < -0.3 is 11.0 Å². The predicted molar refractivity (Wildman–Crippen MR) is 25.6 cm³/mol. The second-order valence-corrected chi connectivity index (χ2v) is 0. The van der Waals surface area contributed by atoms with E-state index in [0.717, 1.165) is 0 Å². The Bertz CT molecular complexity index is 13.5. The van der Waals surface area contributed by atoms with E-state index in [0.29, 0.717) is 0 Å². The first-order valence-corrected chi connectivity index (χ1v) is 0. The Morgan fingerprint density at radius 2 is 0.833 bits per heavy atom. The molecule has 0 spiro atoms. The second-order valence-electron chi connectivity index (χ2n) is 0. The van der Waals surface area contributed by atoms with E-state index < -0.39 is 0 Å². The van der Waals surface area contributed by atoms with Crippen molar-refractivity contribution in [3.63, 3.8) is 0 Å². The van der Waals surface area contributed by atoms with Crippen molar-refractivity contribution in [2.24, 2.45) is 0 Å². The molecule has 0 fully saturated rings. The summed E-state index contributed by atoms with van der Waals surface area (Å²) in [6, 6.07) is 0. The van der Waals surface area contributed by atoms with Gasteiger partial charge in [0.05, 0.1) is 0 Å². The summed E-state index contributed by atoms with van der Waals surface area (Å²) in [7, 11) is 0. The second kappa shape index (κ2) is 44.2. The molecular weight excluding hydrogens is 422 g/mol. The molecule has 0 saturated carbocycles. The van der Waals surface area contributed by atoms with E-state index in [1.807, 2.05) is 0 Å². The maximum Gasteiger partial charge on any atom is 4.00 e. The van der Waals surface area contributed by atoms with Crippen LogP contribution < -0.4 is 0 Å². The van der Waals surface area contributed by atoms with Crippen LogP contribution in [-0.4, -0.2) is 69.8 Å². The third kappa shape index (κ3) is 28.3. The topological polar surface area (TPSA) is 57.0 Å². The van der Waals surface area contributed by atoms with Crippen LogP contribution in [0.4, 0.5) is 0 Å². The van der Waals surface area contributed by atoms with Crippen molar-refractivity contribution in [2.45, 2.75) is 0 Å². The van der Waals surface area contributed by atoms with E-state index in [4.69, 9.17) is 0 Å². The van der Waals surface area contributed by atoms with Crippen LogP contribution in [0.25, 0.3) is 0 Å². The van der Waals surface area contributed by atoms with Gasteiger partial charge in [0.1, 0.15) is 0 Å². The minimum absolute atomic E-state index is 0. The Kier molecular flexibility index (Phi) is 480. The molecule has 32 valence electrons. The minimum atomic E-state index is 0. The van der Waals surface area contributed by atoms with Crippen LogP contribution >= 0.6 is 0 Å². The normalized spacial score (nSPS) is 0. The van der Waals surface area contributed by atoms with Crippen LogP contribution in [-0.2, 0) is 32.7 Å². The summed E-state index contributed by atoms with van der Waals surface area (Å²) >= 11 is 0. The molecule has 0 atom stereocenters. The number of rotatable bonds is 0. The Morgan fingerprint density at radius 3 is 0.833 bits per heavy atom. The molecule has 6 heteroatoms. The van der Waals surface area contributed by atoms with Gasteiger partial charge in [0.2, 0.25) is 0 Å². The molecule has 0 bridgehead atoms. The van der Waals surface area contributed by atoms with E-state index in [1.54, 1.807) is 0 Å².